The third-order valence-corrected chi connectivity index (χ3v) is 5.00. The molecule has 1 unspecified atom stereocenters. The second kappa shape index (κ2) is 10.0. The van der Waals surface area contributed by atoms with Crippen molar-refractivity contribution in [1.29, 1.82) is 0 Å². The SMILES string of the molecule is Cc1nc2cc(F)ccc2cc1C(=O)NC(CN)C1CCCCC1.Cl.Cl. The molecule has 4 nitrogen and oxygen atoms in total. The van der Waals surface area contributed by atoms with Crippen LogP contribution < -0.4 is 11.1 Å². The molecule has 0 bridgehead atoms. The zero-order valence-electron chi connectivity index (χ0n) is 14.8. The van der Waals surface area contributed by atoms with Crippen LogP contribution in [0.15, 0.2) is 24.3 Å². The molecule has 3 N–H and O–H groups in total. The Kier molecular flexibility index (Phi) is 8.74. The number of aryl methyl sites for hydroxylation is 1. The standard InChI is InChI=1S/C19H24FN3O.2ClH/c1-12-16(9-14-7-8-15(20)10-17(14)22-12)19(24)23-18(11-21)13-5-3-2-4-6-13;;/h7-10,13,18H,2-6,11,21H2,1H3,(H,23,24);2*1H. The van der Waals surface area contributed by atoms with E-state index in [-0.39, 0.29) is 42.6 Å². The van der Waals surface area contributed by atoms with E-state index in [1.807, 2.05) is 0 Å². The molecule has 1 aliphatic carbocycles. The van der Waals surface area contributed by atoms with Gasteiger partial charge in [0.25, 0.3) is 5.91 Å². The van der Waals surface area contributed by atoms with Gasteiger partial charge in [0.05, 0.1) is 16.8 Å². The normalized spacial score (nSPS) is 15.7. The van der Waals surface area contributed by atoms with Gasteiger partial charge in [0.15, 0.2) is 0 Å². The van der Waals surface area contributed by atoms with Crippen LogP contribution >= 0.6 is 24.8 Å². The highest BCUT2D eigenvalue weighted by Crippen LogP contribution is 2.26. The molecule has 0 saturated heterocycles. The van der Waals surface area contributed by atoms with Crippen molar-refractivity contribution in [3.8, 4) is 0 Å². The number of amides is 1. The van der Waals surface area contributed by atoms with Crippen LogP contribution in [0.25, 0.3) is 10.9 Å². The predicted octanol–water partition coefficient (Wildman–Crippen LogP) is 4.16. The number of benzene rings is 1. The van der Waals surface area contributed by atoms with Crippen molar-refractivity contribution in [2.24, 2.45) is 11.7 Å². The fraction of sp³-hybridized carbons (Fsp3) is 0.474. The summed E-state index contributed by atoms with van der Waals surface area (Å²) in [5.41, 5.74) is 7.60. The summed E-state index contributed by atoms with van der Waals surface area (Å²) in [6.07, 6.45) is 5.93. The van der Waals surface area contributed by atoms with Crippen LogP contribution in [0.5, 0.6) is 0 Å². The number of hydrogen-bond acceptors (Lipinski definition) is 3. The third kappa shape index (κ3) is 5.06. The average molecular weight is 402 g/mol. The molecule has 0 aliphatic heterocycles. The van der Waals surface area contributed by atoms with Crippen molar-refractivity contribution in [3.63, 3.8) is 0 Å². The number of aromatic nitrogens is 1. The first-order valence-electron chi connectivity index (χ1n) is 8.66. The van der Waals surface area contributed by atoms with Gasteiger partial charge in [0.1, 0.15) is 5.82 Å². The van der Waals surface area contributed by atoms with Crippen LogP contribution in [0.4, 0.5) is 4.39 Å². The molecule has 1 aromatic heterocycles. The van der Waals surface area contributed by atoms with Crippen LogP contribution in [0, 0.1) is 18.7 Å². The van der Waals surface area contributed by atoms with Crippen LogP contribution in [-0.2, 0) is 0 Å². The quantitative estimate of drug-likeness (QED) is 0.807. The molecule has 1 fully saturated rings. The van der Waals surface area contributed by atoms with Crippen LogP contribution in [0.2, 0.25) is 0 Å². The van der Waals surface area contributed by atoms with Crippen molar-refractivity contribution < 1.29 is 9.18 Å². The molecule has 1 saturated carbocycles. The summed E-state index contributed by atoms with van der Waals surface area (Å²) >= 11 is 0. The second-order valence-corrected chi connectivity index (χ2v) is 6.67. The monoisotopic (exact) mass is 401 g/mol. The van der Waals surface area contributed by atoms with Crippen LogP contribution in [-0.4, -0.2) is 23.5 Å². The van der Waals surface area contributed by atoms with E-state index in [1.54, 1.807) is 19.1 Å². The third-order valence-electron chi connectivity index (χ3n) is 5.00. The molecule has 2 aromatic rings. The summed E-state index contributed by atoms with van der Waals surface area (Å²) in [5.74, 6) is -0.0186. The van der Waals surface area contributed by atoms with Crippen molar-refractivity contribution in [1.82, 2.24) is 10.3 Å². The van der Waals surface area contributed by atoms with Gasteiger partial charge in [-0.3, -0.25) is 9.78 Å². The Morgan fingerprint density at radius 1 is 1.27 bits per heavy atom. The molecule has 26 heavy (non-hydrogen) atoms. The fourth-order valence-corrected chi connectivity index (χ4v) is 3.62. The molecular weight excluding hydrogens is 376 g/mol. The van der Waals surface area contributed by atoms with Crippen molar-refractivity contribution in [2.45, 2.75) is 45.1 Å². The summed E-state index contributed by atoms with van der Waals surface area (Å²) < 4.78 is 13.3. The zero-order chi connectivity index (χ0) is 17.1. The number of pyridine rings is 1. The lowest BCUT2D eigenvalue weighted by Gasteiger charge is -2.30. The van der Waals surface area contributed by atoms with E-state index in [0.717, 1.165) is 18.2 Å². The average Bonchev–Trinajstić information content (AvgIpc) is 2.59. The maximum atomic E-state index is 13.3. The number of nitrogens with zero attached hydrogens (tertiary/aromatic N) is 1. The second-order valence-electron chi connectivity index (χ2n) is 6.67. The molecule has 1 heterocycles. The van der Waals surface area contributed by atoms with Crippen molar-refractivity contribution >= 4 is 41.6 Å². The topological polar surface area (TPSA) is 68.0 Å². The van der Waals surface area contributed by atoms with E-state index in [9.17, 15) is 9.18 Å². The Morgan fingerprint density at radius 3 is 2.62 bits per heavy atom. The van der Waals surface area contributed by atoms with Gasteiger partial charge in [0, 0.05) is 24.0 Å². The summed E-state index contributed by atoms with van der Waals surface area (Å²) in [6.45, 7) is 2.22. The van der Waals surface area contributed by atoms with Crippen LogP contribution in [0.1, 0.15) is 48.2 Å². The predicted molar refractivity (Wildman–Crippen MR) is 108 cm³/mol. The van der Waals surface area contributed by atoms with Gasteiger partial charge in [-0.05, 0) is 43.9 Å². The number of halogens is 3. The minimum Gasteiger partial charge on any atom is -0.348 e. The van der Waals surface area contributed by atoms with Gasteiger partial charge in [-0.15, -0.1) is 24.8 Å². The highest BCUT2D eigenvalue weighted by Gasteiger charge is 2.25. The maximum absolute atomic E-state index is 13.3. The lowest BCUT2D eigenvalue weighted by atomic mass is 9.84. The van der Waals surface area contributed by atoms with Gasteiger partial charge < -0.3 is 11.1 Å². The Balaban J connectivity index is 0.00000169. The number of nitrogens with one attached hydrogen (secondary N) is 1. The van der Waals surface area contributed by atoms with E-state index in [1.165, 1.54) is 31.4 Å². The summed E-state index contributed by atoms with van der Waals surface area (Å²) in [4.78, 5) is 17.1. The number of fused-ring (bicyclic) bond motifs is 1. The van der Waals surface area contributed by atoms with Crippen molar-refractivity contribution in [2.75, 3.05) is 6.54 Å². The van der Waals surface area contributed by atoms with Gasteiger partial charge in [-0.2, -0.15) is 0 Å². The van der Waals surface area contributed by atoms with Crippen molar-refractivity contribution in [3.05, 3.63) is 41.3 Å². The number of nitrogens with two attached hydrogens (primary N) is 1. The fourth-order valence-electron chi connectivity index (χ4n) is 3.62. The Hall–Kier alpha value is -1.43. The minimum absolute atomic E-state index is 0. The van der Waals surface area contributed by atoms with E-state index >= 15 is 0 Å². The highest BCUT2D eigenvalue weighted by molar-refractivity contribution is 5.98. The first kappa shape index (κ1) is 22.6. The van der Waals surface area contributed by atoms with Crippen LogP contribution in [0.3, 0.4) is 0 Å². The first-order chi connectivity index (χ1) is 11.6. The number of carbonyl (C=O) groups excluding carboxylic acids is 1. The molecule has 7 heteroatoms. The van der Waals surface area contributed by atoms with Gasteiger partial charge in [-0.25, -0.2) is 4.39 Å². The van der Waals surface area contributed by atoms with Gasteiger partial charge in [-0.1, -0.05) is 19.3 Å². The first-order valence-corrected chi connectivity index (χ1v) is 8.66. The molecule has 1 amide bonds. The number of rotatable bonds is 4. The van der Waals surface area contributed by atoms with E-state index < -0.39 is 0 Å². The Bertz CT molecular complexity index is 751. The molecule has 0 spiro atoms. The summed E-state index contributed by atoms with van der Waals surface area (Å²) in [6, 6.07) is 6.19. The minimum atomic E-state index is -0.327. The largest absolute Gasteiger partial charge is 0.348 e. The molecule has 3 rings (SSSR count). The molecule has 1 aliphatic rings. The molecule has 0 radical (unpaired) electrons. The summed E-state index contributed by atoms with van der Waals surface area (Å²) in [7, 11) is 0. The summed E-state index contributed by atoms with van der Waals surface area (Å²) in [5, 5.41) is 3.85. The van der Waals surface area contributed by atoms with E-state index in [4.69, 9.17) is 5.73 Å². The molecular formula is C19H26Cl2FN3O. The van der Waals surface area contributed by atoms with Gasteiger partial charge in [0.2, 0.25) is 0 Å². The van der Waals surface area contributed by atoms with E-state index in [0.29, 0.717) is 29.2 Å². The zero-order valence-corrected chi connectivity index (χ0v) is 16.5. The molecule has 144 valence electrons. The highest BCUT2D eigenvalue weighted by atomic mass is 35.5. The molecule has 1 aromatic carbocycles. The molecule has 1 atom stereocenters. The maximum Gasteiger partial charge on any atom is 0.253 e. The Morgan fingerprint density at radius 2 is 1.96 bits per heavy atom. The lowest BCUT2D eigenvalue weighted by molar-refractivity contribution is 0.0914. The van der Waals surface area contributed by atoms with E-state index in [2.05, 4.69) is 10.3 Å². The smallest absolute Gasteiger partial charge is 0.253 e. The lowest BCUT2D eigenvalue weighted by Crippen LogP contribution is -2.46. The number of hydrogen-bond donors (Lipinski definition) is 2. The number of carbonyl (C=O) groups is 1. The Labute approximate surface area is 165 Å². The van der Waals surface area contributed by atoms with Gasteiger partial charge >= 0.3 is 0 Å².